The third-order valence-electron chi connectivity index (χ3n) is 3.78. The molecular weight excluding hydrogens is 541 g/mol. The Labute approximate surface area is 187 Å². The second-order valence-corrected chi connectivity index (χ2v) is 8.95. The van der Waals surface area contributed by atoms with Crippen LogP contribution in [-0.2, 0) is 22.9 Å². The Bertz CT molecular complexity index is 884. The third kappa shape index (κ3) is 7.79. The van der Waals surface area contributed by atoms with Gasteiger partial charge in [-0.2, -0.15) is 0 Å². The molecule has 0 fully saturated rings. The van der Waals surface area contributed by atoms with Crippen LogP contribution < -0.4 is 10.6 Å². The molecule has 0 aliphatic heterocycles. The van der Waals surface area contributed by atoms with Crippen LogP contribution in [0.2, 0.25) is 0 Å². The normalized spacial score (nSPS) is 11.6. The molecule has 5 nitrogen and oxygen atoms in total. The first-order valence-electron chi connectivity index (χ1n) is 8.36. The summed E-state index contributed by atoms with van der Waals surface area (Å²) in [5.41, 5.74) is 2.87. The molecule has 2 aromatic carbocycles. The average Bonchev–Trinajstić information content (AvgIpc) is 2.57. The number of benzene rings is 2. The predicted molar refractivity (Wildman–Crippen MR) is 126 cm³/mol. The van der Waals surface area contributed by atoms with E-state index in [4.69, 9.17) is 0 Å². The molecule has 0 amide bonds. The largest absolute Gasteiger partial charge is 0.357 e. The van der Waals surface area contributed by atoms with Gasteiger partial charge >= 0.3 is 0 Å². The van der Waals surface area contributed by atoms with Crippen molar-refractivity contribution in [3.05, 3.63) is 63.6 Å². The van der Waals surface area contributed by atoms with E-state index in [1.165, 1.54) is 6.26 Å². The molecule has 0 aromatic heterocycles. The van der Waals surface area contributed by atoms with Gasteiger partial charge in [0, 0.05) is 23.8 Å². The van der Waals surface area contributed by atoms with Crippen molar-refractivity contribution >= 4 is 55.7 Å². The molecule has 148 valence electrons. The Balaban J connectivity index is 0.00000364. The van der Waals surface area contributed by atoms with Crippen LogP contribution in [0.15, 0.2) is 56.8 Å². The summed E-state index contributed by atoms with van der Waals surface area (Å²) in [7, 11) is -3.20. The molecule has 0 saturated carbocycles. The topological polar surface area (TPSA) is 70.6 Å². The highest BCUT2D eigenvalue weighted by Gasteiger charge is 2.10. The lowest BCUT2D eigenvalue weighted by Crippen LogP contribution is -2.36. The molecule has 0 spiro atoms. The molecule has 0 aliphatic rings. The summed E-state index contributed by atoms with van der Waals surface area (Å²) in [6.07, 6.45) is 1.22. The van der Waals surface area contributed by atoms with Gasteiger partial charge in [-0.3, -0.25) is 0 Å². The molecule has 0 atom stereocenters. The highest BCUT2D eigenvalue weighted by Crippen LogP contribution is 2.17. The monoisotopic (exact) mass is 565 g/mol. The van der Waals surface area contributed by atoms with Gasteiger partial charge in [0.1, 0.15) is 0 Å². The fourth-order valence-electron chi connectivity index (χ4n) is 2.53. The number of aryl methyl sites for hydroxylation is 1. The van der Waals surface area contributed by atoms with E-state index in [1.807, 2.05) is 43.3 Å². The summed E-state index contributed by atoms with van der Waals surface area (Å²) >= 11 is 3.43. The molecule has 2 aromatic rings. The Morgan fingerprint density at radius 1 is 1.07 bits per heavy atom. The van der Waals surface area contributed by atoms with Crippen LogP contribution in [-0.4, -0.2) is 27.2 Å². The summed E-state index contributed by atoms with van der Waals surface area (Å²) in [4.78, 5) is 4.95. The zero-order chi connectivity index (χ0) is 19.2. The quantitative estimate of drug-likeness (QED) is 0.315. The molecule has 2 N–H and O–H groups in total. The van der Waals surface area contributed by atoms with Gasteiger partial charge in [-0.1, -0.05) is 40.2 Å². The van der Waals surface area contributed by atoms with Crippen LogP contribution in [0.4, 0.5) is 0 Å². The van der Waals surface area contributed by atoms with Gasteiger partial charge < -0.3 is 10.6 Å². The van der Waals surface area contributed by atoms with E-state index in [0.717, 1.165) is 33.7 Å². The van der Waals surface area contributed by atoms with E-state index >= 15 is 0 Å². The van der Waals surface area contributed by atoms with Crippen molar-refractivity contribution in [2.45, 2.75) is 31.8 Å². The molecular formula is C19H25BrIN3O2S. The first-order valence-corrected chi connectivity index (χ1v) is 11.0. The van der Waals surface area contributed by atoms with Crippen LogP contribution in [0.5, 0.6) is 0 Å². The van der Waals surface area contributed by atoms with Gasteiger partial charge in [0.15, 0.2) is 15.8 Å². The van der Waals surface area contributed by atoms with E-state index < -0.39 is 9.84 Å². The van der Waals surface area contributed by atoms with E-state index in [2.05, 4.69) is 31.6 Å². The number of rotatable bonds is 6. The Morgan fingerprint density at radius 3 is 2.26 bits per heavy atom. The first kappa shape index (κ1) is 23.9. The highest BCUT2D eigenvalue weighted by atomic mass is 127. The van der Waals surface area contributed by atoms with Crippen LogP contribution in [0.1, 0.15) is 23.6 Å². The molecule has 8 heteroatoms. The number of hydrogen-bond donors (Lipinski definition) is 2. The third-order valence-corrected chi connectivity index (χ3v) is 5.56. The Morgan fingerprint density at radius 2 is 1.70 bits per heavy atom. The van der Waals surface area contributed by atoms with E-state index in [9.17, 15) is 8.42 Å². The Hall–Kier alpha value is -1.13. The number of nitrogens with zero attached hydrogens (tertiary/aromatic N) is 1. The van der Waals surface area contributed by atoms with Gasteiger partial charge in [-0.15, -0.1) is 24.0 Å². The number of nitrogens with one attached hydrogen (secondary N) is 2. The molecule has 2 rings (SSSR count). The zero-order valence-electron chi connectivity index (χ0n) is 15.6. The molecule has 0 saturated heterocycles. The van der Waals surface area contributed by atoms with Crippen LogP contribution in [0, 0.1) is 6.92 Å². The standard InChI is InChI=1S/C19H24BrN3O2S.HI/c1-4-21-19(22-12-15-5-8-17(20)9-6-15)23-13-16-7-10-18(14(2)11-16)26(3,24)25;/h5-11H,4,12-13H2,1-3H3,(H2,21,22,23);1H. The van der Waals surface area contributed by atoms with Crippen molar-refractivity contribution in [2.75, 3.05) is 12.8 Å². The minimum atomic E-state index is -3.20. The average molecular weight is 566 g/mol. The fraction of sp³-hybridized carbons (Fsp3) is 0.316. The minimum Gasteiger partial charge on any atom is -0.357 e. The van der Waals surface area contributed by atoms with E-state index in [-0.39, 0.29) is 24.0 Å². The lowest BCUT2D eigenvalue weighted by atomic mass is 10.1. The lowest BCUT2D eigenvalue weighted by Gasteiger charge is -2.12. The second kappa shape index (κ2) is 11.0. The van der Waals surface area contributed by atoms with Gasteiger partial charge in [0.25, 0.3) is 0 Å². The van der Waals surface area contributed by atoms with Gasteiger partial charge in [-0.25, -0.2) is 13.4 Å². The molecule has 0 aliphatic carbocycles. The summed E-state index contributed by atoms with van der Waals surface area (Å²) in [6, 6.07) is 13.4. The van der Waals surface area contributed by atoms with Crippen molar-refractivity contribution in [3.63, 3.8) is 0 Å². The number of halogens is 2. The Kier molecular flexibility index (Phi) is 9.75. The number of guanidine groups is 1. The van der Waals surface area contributed by atoms with Crippen LogP contribution in [0.25, 0.3) is 0 Å². The molecule has 0 unspecified atom stereocenters. The summed E-state index contributed by atoms with van der Waals surface area (Å²) in [6.45, 7) is 5.73. The van der Waals surface area contributed by atoms with Crippen molar-refractivity contribution in [1.82, 2.24) is 10.6 Å². The SMILES string of the molecule is CCNC(=NCc1ccc(S(C)(=O)=O)c(C)c1)NCc1ccc(Br)cc1.I. The number of aliphatic imine (C=N–C) groups is 1. The van der Waals surface area contributed by atoms with Gasteiger partial charge in [-0.05, 0) is 48.7 Å². The summed E-state index contributed by atoms with van der Waals surface area (Å²) in [5, 5.41) is 6.52. The molecule has 0 radical (unpaired) electrons. The summed E-state index contributed by atoms with van der Waals surface area (Å²) in [5.74, 6) is 0.722. The van der Waals surface area contributed by atoms with Gasteiger partial charge in [0.2, 0.25) is 0 Å². The molecule has 27 heavy (non-hydrogen) atoms. The number of hydrogen-bond acceptors (Lipinski definition) is 3. The smallest absolute Gasteiger partial charge is 0.191 e. The maximum Gasteiger partial charge on any atom is 0.191 e. The predicted octanol–water partition coefficient (Wildman–Crippen LogP) is 4.03. The maximum atomic E-state index is 11.7. The molecule has 0 heterocycles. The van der Waals surface area contributed by atoms with Crippen LogP contribution in [0.3, 0.4) is 0 Å². The zero-order valence-corrected chi connectivity index (χ0v) is 20.4. The van der Waals surface area contributed by atoms with E-state index in [1.54, 1.807) is 13.0 Å². The highest BCUT2D eigenvalue weighted by molar-refractivity contribution is 14.0. The minimum absolute atomic E-state index is 0. The fourth-order valence-corrected chi connectivity index (χ4v) is 3.75. The second-order valence-electron chi connectivity index (χ2n) is 6.05. The van der Waals surface area contributed by atoms with Crippen molar-refractivity contribution < 1.29 is 8.42 Å². The van der Waals surface area contributed by atoms with Crippen molar-refractivity contribution in [1.29, 1.82) is 0 Å². The van der Waals surface area contributed by atoms with Gasteiger partial charge in [0.05, 0.1) is 11.4 Å². The maximum absolute atomic E-state index is 11.7. The van der Waals surface area contributed by atoms with Crippen LogP contribution >= 0.6 is 39.9 Å². The molecule has 0 bridgehead atoms. The van der Waals surface area contributed by atoms with Crippen molar-refractivity contribution in [3.8, 4) is 0 Å². The van der Waals surface area contributed by atoms with Crippen molar-refractivity contribution in [2.24, 2.45) is 4.99 Å². The number of sulfone groups is 1. The first-order chi connectivity index (χ1) is 12.3. The summed E-state index contributed by atoms with van der Waals surface area (Å²) < 4.78 is 24.5. The van der Waals surface area contributed by atoms with E-state index in [0.29, 0.717) is 18.0 Å². The lowest BCUT2D eigenvalue weighted by molar-refractivity contribution is 0.601.